The van der Waals surface area contributed by atoms with E-state index in [1.807, 2.05) is 29.7 Å². The zero-order valence-electron chi connectivity index (χ0n) is 13.6. The molecule has 3 rings (SSSR count). The number of rotatable bonds is 2. The molecular formula is C18H25ClN2O. The molecule has 1 saturated heterocycles. The summed E-state index contributed by atoms with van der Waals surface area (Å²) in [6.45, 7) is 9.07. The molecule has 0 unspecified atom stereocenters. The summed E-state index contributed by atoms with van der Waals surface area (Å²) in [6, 6.07) is 8.19. The van der Waals surface area contributed by atoms with Gasteiger partial charge in [0.1, 0.15) is 0 Å². The molecule has 1 fully saturated rings. The van der Waals surface area contributed by atoms with Gasteiger partial charge in [-0.2, -0.15) is 0 Å². The number of carbonyl (C=O) groups excluding carboxylic acids is 1. The zero-order valence-corrected chi connectivity index (χ0v) is 14.4. The number of nitrogens with zero attached hydrogens (tertiary/aromatic N) is 2. The van der Waals surface area contributed by atoms with Crippen molar-refractivity contribution < 1.29 is 4.79 Å². The van der Waals surface area contributed by atoms with Crippen LogP contribution >= 0.6 is 12.4 Å². The lowest BCUT2D eigenvalue weighted by atomic mass is 9.99. The third-order valence-electron chi connectivity index (χ3n) is 4.91. The molecule has 3 nitrogen and oxygen atoms in total. The van der Waals surface area contributed by atoms with E-state index in [0.717, 1.165) is 30.2 Å². The number of benzene rings is 1. The van der Waals surface area contributed by atoms with Crippen LogP contribution < -0.4 is 0 Å². The highest BCUT2D eigenvalue weighted by molar-refractivity contribution is 5.96. The van der Waals surface area contributed by atoms with Crippen LogP contribution in [-0.4, -0.2) is 35.0 Å². The Bertz CT molecular complexity index is 669. The summed E-state index contributed by atoms with van der Waals surface area (Å²) in [6.07, 6.45) is 2.41. The van der Waals surface area contributed by atoms with E-state index in [1.165, 1.54) is 23.8 Å². The molecular weight excluding hydrogens is 296 g/mol. The van der Waals surface area contributed by atoms with Crippen molar-refractivity contribution in [3.63, 3.8) is 0 Å². The van der Waals surface area contributed by atoms with Crippen LogP contribution in [0, 0.1) is 19.8 Å². The number of carbonyl (C=O) groups is 1. The molecule has 1 aromatic heterocycles. The summed E-state index contributed by atoms with van der Waals surface area (Å²) in [5.74, 6) is 0.999. The summed E-state index contributed by atoms with van der Waals surface area (Å²) >= 11 is 0. The van der Waals surface area contributed by atoms with Gasteiger partial charge in [-0.15, -0.1) is 12.4 Å². The number of piperidine rings is 1. The van der Waals surface area contributed by atoms with Crippen LogP contribution in [0.2, 0.25) is 0 Å². The molecule has 0 N–H and O–H groups in total. The SMILES string of the molecule is Cc1c(C)n(C(=O)CN2CCC(C)CC2)c2ccccc12.Cl. The van der Waals surface area contributed by atoms with Crippen molar-refractivity contribution in [3.05, 3.63) is 35.5 Å². The predicted molar refractivity (Wildman–Crippen MR) is 94.1 cm³/mol. The fourth-order valence-corrected chi connectivity index (χ4v) is 3.33. The number of hydrogen-bond acceptors (Lipinski definition) is 2. The average Bonchev–Trinajstić information content (AvgIpc) is 2.74. The van der Waals surface area contributed by atoms with Gasteiger partial charge in [0.15, 0.2) is 0 Å². The van der Waals surface area contributed by atoms with Crippen LogP contribution in [0.25, 0.3) is 10.9 Å². The number of likely N-dealkylation sites (tertiary alicyclic amines) is 1. The molecule has 0 amide bonds. The van der Waals surface area contributed by atoms with Gasteiger partial charge in [0.25, 0.3) is 0 Å². The lowest BCUT2D eigenvalue weighted by Crippen LogP contribution is -2.38. The molecule has 2 heterocycles. The Kier molecular flexibility index (Phi) is 5.30. The Balaban J connectivity index is 0.00000176. The standard InChI is InChI=1S/C18H24N2O.ClH/c1-13-8-10-19(11-9-13)12-18(21)20-15(3)14(2)16-6-4-5-7-17(16)20;/h4-7,13H,8-12H2,1-3H3;1H. The highest BCUT2D eigenvalue weighted by Crippen LogP contribution is 2.25. The van der Waals surface area contributed by atoms with Crippen molar-refractivity contribution >= 4 is 29.2 Å². The molecule has 0 bridgehead atoms. The van der Waals surface area contributed by atoms with Crippen molar-refractivity contribution in [2.45, 2.75) is 33.6 Å². The molecule has 0 atom stereocenters. The van der Waals surface area contributed by atoms with Crippen LogP contribution in [0.5, 0.6) is 0 Å². The molecule has 0 saturated carbocycles. The molecule has 0 spiro atoms. The van der Waals surface area contributed by atoms with Gasteiger partial charge in [0.05, 0.1) is 12.1 Å². The molecule has 2 aromatic rings. The molecule has 22 heavy (non-hydrogen) atoms. The van der Waals surface area contributed by atoms with Gasteiger partial charge in [0, 0.05) is 11.1 Å². The predicted octanol–water partition coefficient (Wildman–Crippen LogP) is 4.05. The second-order valence-corrected chi connectivity index (χ2v) is 6.42. The van der Waals surface area contributed by atoms with E-state index in [9.17, 15) is 4.79 Å². The molecule has 120 valence electrons. The second kappa shape index (κ2) is 6.84. The molecule has 0 radical (unpaired) electrons. The van der Waals surface area contributed by atoms with Crippen LogP contribution in [0.1, 0.15) is 35.8 Å². The van der Waals surface area contributed by atoms with Crippen LogP contribution in [-0.2, 0) is 0 Å². The highest BCUT2D eigenvalue weighted by Gasteiger charge is 2.21. The Labute approximate surface area is 138 Å². The monoisotopic (exact) mass is 320 g/mol. The number of fused-ring (bicyclic) bond motifs is 1. The minimum atomic E-state index is 0. The number of aryl methyl sites for hydroxylation is 1. The van der Waals surface area contributed by atoms with E-state index >= 15 is 0 Å². The topological polar surface area (TPSA) is 25.2 Å². The number of para-hydroxylation sites is 1. The van der Waals surface area contributed by atoms with Gasteiger partial charge < -0.3 is 0 Å². The quantitative estimate of drug-likeness (QED) is 0.834. The van der Waals surface area contributed by atoms with Gasteiger partial charge in [-0.1, -0.05) is 25.1 Å². The van der Waals surface area contributed by atoms with Crippen LogP contribution in [0.3, 0.4) is 0 Å². The van der Waals surface area contributed by atoms with Gasteiger partial charge in [-0.3, -0.25) is 14.3 Å². The molecule has 1 aliphatic rings. The van der Waals surface area contributed by atoms with E-state index < -0.39 is 0 Å². The maximum Gasteiger partial charge on any atom is 0.245 e. The van der Waals surface area contributed by atoms with Crippen molar-refractivity contribution in [1.82, 2.24) is 9.47 Å². The molecule has 0 aliphatic carbocycles. The Morgan fingerprint density at radius 2 is 1.82 bits per heavy atom. The third kappa shape index (κ3) is 3.06. The Hall–Kier alpha value is -1.32. The molecule has 4 heteroatoms. The minimum absolute atomic E-state index is 0. The smallest absolute Gasteiger partial charge is 0.245 e. The van der Waals surface area contributed by atoms with Gasteiger partial charge >= 0.3 is 0 Å². The zero-order chi connectivity index (χ0) is 15.0. The van der Waals surface area contributed by atoms with E-state index in [2.05, 4.69) is 24.8 Å². The Morgan fingerprint density at radius 3 is 2.50 bits per heavy atom. The summed E-state index contributed by atoms with van der Waals surface area (Å²) < 4.78 is 1.91. The van der Waals surface area contributed by atoms with Gasteiger partial charge in [-0.05, 0) is 57.3 Å². The number of halogens is 1. The largest absolute Gasteiger partial charge is 0.294 e. The molecule has 1 aromatic carbocycles. The lowest BCUT2D eigenvalue weighted by molar-refractivity contribution is 0.0821. The fourth-order valence-electron chi connectivity index (χ4n) is 3.33. The lowest BCUT2D eigenvalue weighted by Gasteiger charge is -2.29. The first-order chi connectivity index (χ1) is 10.1. The van der Waals surface area contributed by atoms with Crippen molar-refractivity contribution in [2.75, 3.05) is 19.6 Å². The van der Waals surface area contributed by atoms with Crippen molar-refractivity contribution in [2.24, 2.45) is 5.92 Å². The molecule has 1 aliphatic heterocycles. The maximum absolute atomic E-state index is 12.8. The van der Waals surface area contributed by atoms with E-state index in [4.69, 9.17) is 0 Å². The van der Waals surface area contributed by atoms with E-state index in [-0.39, 0.29) is 18.3 Å². The van der Waals surface area contributed by atoms with Crippen LogP contribution in [0.4, 0.5) is 0 Å². The minimum Gasteiger partial charge on any atom is -0.294 e. The number of hydrogen-bond donors (Lipinski definition) is 0. The first-order valence-electron chi connectivity index (χ1n) is 7.90. The Morgan fingerprint density at radius 1 is 1.18 bits per heavy atom. The summed E-state index contributed by atoms with van der Waals surface area (Å²) in [4.78, 5) is 15.1. The van der Waals surface area contributed by atoms with Crippen LogP contribution in [0.15, 0.2) is 24.3 Å². The summed E-state index contributed by atoms with van der Waals surface area (Å²) in [5, 5.41) is 1.19. The average molecular weight is 321 g/mol. The summed E-state index contributed by atoms with van der Waals surface area (Å²) in [5.41, 5.74) is 3.33. The normalized spacial score (nSPS) is 16.7. The van der Waals surface area contributed by atoms with Crippen molar-refractivity contribution in [3.8, 4) is 0 Å². The fraction of sp³-hybridized carbons (Fsp3) is 0.500. The first-order valence-corrected chi connectivity index (χ1v) is 7.90. The summed E-state index contributed by atoms with van der Waals surface area (Å²) in [7, 11) is 0. The van der Waals surface area contributed by atoms with Crippen molar-refractivity contribution in [1.29, 1.82) is 0 Å². The third-order valence-corrected chi connectivity index (χ3v) is 4.91. The number of aromatic nitrogens is 1. The van der Waals surface area contributed by atoms with Gasteiger partial charge in [0.2, 0.25) is 5.91 Å². The van der Waals surface area contributed by atoms with E-state index in [0.29, 0.717) is 6.54 Å². The van der Waals surface area contributed by atoms with Gasteiger partial charge in [-0.25, -0.2) is 0 Å². The first kappa shape index (κ1) is 17.0. The maximum atomic E-state index is 12.8. The highest BCUT2D eigenvalue weighted by atomic mass is 35.5. The second-order valence-electron chi connectivity index (χ2n) is 6.42. The van der Waals surface area contributed by atoms with E-state index in [1.54, 1.807) is 0 Å².